The molecule has 0 bridgehead atoms. The quantitative estimate of drug-likeness (QED) is 0.761. The number of amides is 1. The van der Waals surface area contributed by atoms with Crippen LogP contribution in [0.3, 0.4) is 0 Å². The van der Waals surface area contributed by atoms with Crippen molar-refractivity contribution in [1.29, 1.82) is 0 Å². The van der Waals surface area contributed by atoms with Crippen molar-refractivity contribution in [3.05, 3.63) is 54.0 Å². The van der Waals surface area contributed by atoms with Gasteiger partial charge in [0.1, 0.15) is 11.5 Å². The Labute approximate surface area is 146 Å². The van der Waals surface area contributed by atoms with Gasteiger partial charge in [0.2, 0.25) is 0 Å². The second-order valence-corrected chi connectivity index (χ2v) is 6.35. The molecule has 1 aliphatic heterocycles. The Kier molecular flexibility index (Phi) is 3.93. The Morgan fingerprint density at radius 3 is 2.69 bits per heavy atom. The van der Waals surface area contributed by atoms with E-state index in [1.807, 2.05) is 0 Å². The summed E-state index contributed by atoms with van der Waals surface area (Å²) in [4.78, 5) is 25.3. The highest BCUT2D eigenvalue weighted by molar-refractivity contribution is 5.95. The minimum Gasteiger partial charge on any atom is -0.348 e. The summed E-state index contributed by atoms with van der Waals surface area (Å²) in [5, 5.41) is 0. The molecule has 1 aliphatic rings. The SMILES string of the molecule is O=C(c1ccn2cc(C(F)(F)F)nc2c1)N1CCC(c2ncc[nH]2)CC1. The van der Waals surface area contributed by atoms with Crippen LogP contribution in [0.15, 0.2) is 36.9 Å². The Hall–Kier alpha value is -2.84. The molecule has 1 fully saturated rings. The number of rotatable bonds is 2. The molecule has 3 aromatic heterocycles. The summed E-state index contributed by atoms with van der Waals surface area (Å²) in [6.07, 6.45) is 2.92. The van der Waals surface area contributed by atoms with Crippen molar-refractivity contribution >= 4 is 11.6 Å². The Balaban J connectivity index is 1.49. The number of nitrogens with zero attached hydrogens (tertiary/aromatic N) is 4. The summed E-state index contributed by atoms with van der Waals surface area (Å²) in [5.74, 6) is 1.02. The maximum absolute atomic E-state index is 12.8. The van der Waals surface area contributed by atoms with Crippen LogP contribution < -0.4 is 0 Å². The summed E-state index contributed by atoms with van der Waals surface area (Å²) in [6, 6.07) is 2.92. The number of alkyl halides is 3. The van der Waals surface area contributed by atoms with Gasteiger partial charge in [-0.3, -0.25) is 4.79 Å². The number of nitrogens with one attached hydrogen (secondary N) is 1. The van der Waals surface area contributed by atoms with Gasteiger partial charge in [-0.05, 0) is 25.0 Å². The first kappa shape index (κ1) is 16.6. The molecule has 4 rings (SSSR count). The normalized spacial score (nSPS) is 16.3. The Morgan fingerprint density at radius 1 is 1.27 bits per heavy atom. The molecular weight excluding hydrogens is 347 g/mol. The third-order valence-corrected chi connectivity index (χ3v) is 4.69. The van der Waals surface area contributed by atoms with Crippen LogP contribution in [0.25, 0.3) is 5.65 Å². The third kappa shape index (κ3) is 3.04. The zero-order chi connectivity index (χ0) is 18.3. The average molecular weight is 363 g/mol. The van der Waals surface area contributed by atoms with Crippen LogP contribution in [0, 0.1) is 0 Å². The van der Waals surface area contributed by atoms with E-state index in [2.05, 4.69) is 15.0 Å². The highest BCUT2D eigenvalue weighted by Crippen LogP contribution is 2.29. The molecule has 0 spiro atoms. The monoisotopic (exact) mass is 363 g/mol. The second kappa shape index (κ2) is 6.15. The summed E-state index contributed by atoms with van der Waals surface area (Å²) in [7, 11) is 0. The molecule has 3 aromatic rings. The summed E-state index contributed by atoms with van der Waals surface area (Å²) in [6.45, 7) is 1.16. The molecule has 4 heterocycles. The minimum absolute atomic E-state index is 0.105. The standard InChI is InChI=1S/C17H16F3N5O/c18-17(19,20)13-10-25-8-3-12(9-14(25)23-13)16(26)24-6-1-11(2-7-24)15-21-4-5-22-15/h3-5,8-11H,1-2,6-7H2,(H,21,22). The molecule has 0 radical (unpaired) electrons. The predicted molar refractivity (Wildman–Crippen MR) is 86.7 cm³/mol. The van der Waals surface area contributed by atoms with Gasteiger partial charge in [-0.15, -0.1) is 0 Å². The van der Waals surface area contributed by atoms with Crippen molar-refractivity contribution in [2.45, 2.75) is 24.9 Å². The lowest BCUT2D eigenvalue weighted by Crippen LogP contribution is -2.38. The first-order chi connectivity index (χ1) is 12.4. The molecule has 0 unspecified atom stereocenters. The number of fused-ring (bicyclic) bond motifs is 1. The number of likely N-dealkylation sites (tertiary alicyclic amines) is 1. The number of aromatic nitrogens is 4. The summed E-state index contributed by atoms with van der Waals surface area (Å²) in [5.41, 5.74) is -0.525. The van der Waals surface area contributed by atoms with Gasteiger partial charge < -0.3 is 14.3 Å². The Bertz CT molecular complexity index is 924. The lowest BCUT2D eigenvalue weighted by Gasteiger charge is -2.31. The number of carbonyl (C=O) groups is 1. The van der Waals surface area contributed by atoms with Gasteiger partial charge in [0.05, 0.1) is 0 Å². The van der Waals surface area contributed by atoms with Crippen LogP contribution in [-0.2, 0) is 6.18 Å². The van der Waals surface area contributed by atoms with Gasteiger partial charge in [0.15, 0.2) is 5.69 Å². The fourth-order valence-corrected chi connectivity index (χ4v) is 3.29. The van der Waals surface area contributed by atoms with E-state index in [1.165, 1.54) is 22.7 Å². The third-order valence-electron chi connectivity index (χ3n) is 4.69. The average Bonchev–Trinajstić information content (AvgIpc) is 3.29. The van der Waals surface area contributed by atoms with Crippen LogP contribution in [0.4, 0.5) is 13.2 Å². The highest BCUT2D eigenvalue weighted by Gasteiger charge is 2.34. The zero-order valence-electron chi connectivity index (χ0n) is 13.7. The van der Waals surface area contributed by atoms with Crippen LogP contribution in [0.2, 0.25) is 0 Å². The molecule has 0 aromatic carbocycles. The number of carbonyl (C=O) groups excluding carboxylic acids is 1. The number of hydrogen-bond acceptors (Lipinski definition) is 3. The van der Waals surface area contributed by atoms with Crippen molar-refractivity contribution in [3.8, 4) is 0 Å². The molecule has 26 heavy (non-hydrogen) atoms. The molecule has 136 valence electrons. The van der Waals surface area contributed by atoms with Crippen molar-refractivity contribution < 1.29 is 18.0 Å². The lowest BCUT2D eigenvalue weighted by atomic mass is 9.96. The first-order valence-corrected chi connectivity index (χ1v) is 8.26. The van der Waals surface area contributed by atoms with E-state index in [4.69, 9.17) is 0 Å². The summed E-state index contributed by atoms with van der Waals surface area (Å²) >= 11 is 0. The summed E-state index contributed by atoms with van der Waals surface area (Å²) < 4.78 is 39.6. The fourth-order valence-electron chi connectivity index (χ4n) is 3.29. The van der Waals surface area contributed by atoms with E-state index >= 15 is 0 Å². The van der Waals surface area contributed by atoms with E-state index in [0.29, 0.717) is 18.7 Å². The van der Waals surface area contributed by atoms with E-state index in [1.54, 1.807) is 17.3 Å². The molecule has 0 aliphatic carbocycles. The zero-order valence-corrected chi connectivity index (χ0v) is 13.7. The molecule has 1 saturated heterocycles. The smallest absolute Gasteiger partial charge is 0.348 e. The second-order valence-electron chi connectivity index (χ2n) is 6.35. The van der Waals surface area contributed by atoms with Crippen LogP contribution >= 0.6 is 0 Å². The van der Waals surface area contributed by atoms with E-state index in [0.717, 1.165) is 24.9 Å². The van der Waals surface area contributed by atoms with Crippen LogP contribution in [0.1, 0.15) is 40.6 Å². The van der Waals surface area contributed by atoms with Gasteiger partial charge >= 0.3 is 6.18 Å². The molecule has 9 heteroatoms. The van der Waals surface area contributed by atoms with Gasteiger partial charge in [-0.25, -0.2) is 9.97 Å². The van der Waals surface area contributed by atoms with Crippen molar-refractivity contribution in [2.75, 3.05) is 13.1 Å². The molecule has 1 amide bonds. The van der Waals surface area contributed by atoms with Gasteiger partial charge in [-0.2, -0.15) is 13.2 Å². The van der Waals surface area contributed by atoms with Crippen LogP contribution in [0.5, 0.6) is 0 Å². The van der Waals surface area contributed by atoms with Gasteiger partial charge in [-0.1, -0.05) is 0 Å². The predicted octanol–water partition coefficient (Wildman–Crippen LogP) is 3.10. The number of aromatic amines is 1. The van der Waals surface area contributed by atoms with Gasteiger partial charge in [0.25, 0.3) is 5.91 Å². The Morgan fingerprint density at radius 2 is 2.04 bits per heavy atom. The van der Waals surface area contributed by atoms with Crippen LogP contribution in [-0.4, -0.2) is 43.2 Å². The molecular formula is C17H16F3N5O. The number of H-pyrrole nitrogens is 1. The molecule has 6 nitrogen and oxygen atoms in total. The van der Waals surface area contributed by atoms with Crippen molar-refractivity contribution in [3.63, 3.8) is 0 Å². The fraction of sp³-hybridized carbons (Fsp3) is 0.353. The van der Waals surface area contributed by atoms with Crippen molar-refractivity contribution in [1.82, 2.24) is 24.3 Å². The number of pyridine rings is 1. The molecule has 1 N–H and O–H groups in total. The largest absolute Gasteiger partial charge is 0.434 e. The van der Waals surface area contributed by atoms with Crippen molar-refractivity contribution in [2.24, 2.45) is 0 Å². The van der Waals surface area contributed by atoms with Gasteiger partial charge in [0, 0.05) is 49.4 Å². The number of hydrogen-bond donors (Lipinski definition) is 1. The molecule has 0 atom stereocenters. The minimum atomic E-state index is -4.51. The van der Waals surface area contributed by atoms with E-state index < -0.39 is 11.9 Å². The number of halogens is 3. The van der Waals surface area contributed by atoms with E-state index in [-0.39, 0.29) is 17.5 Å². The first-order valence-electron chi connectivity index (χ1n) is 8.26. The maximum Gasteiger partial charge on any atom is 0.434 e. The number of piperidine rings is 1. The lowest BCUT2D eigenvalue weighted by molar-refractivity contribution is -0.140. The topological polar surface area (TPSA) is 66.3 Å². The number of imidazole rings is 2. The van der Waals surface area contributed by atoms with E-state index in [9.17, 15) is 18.0 Å². The highest BCUT2D eigenvalue weighted by atomic mass is 19.4. The molecule has 0 saturated carbocycles. The maximum atomic E-state index is 12.8.